The Morgan fingerprint density at radius 1 is 1.12 bits per heavy atom. The van der Waals surface area contributed by atoms with Crippen LogP contribution < -0.4 is 5.32 Å². The van der Waals surface area contributed by atoms with Crippen molar-refractivity contribution in [3.05, 3.63) is 0 Å². The second-order valence-electron chi connectivity index (χ2n) is 6.43. The van der Waals surface area contributed by atoms with E-state index in [1.807, 2.05) is 0 Å². The van der Waals surface area contributed by atoms with Crippen LogP contribution in [-0.2, 0) is 0 Å². The Bertz CT molecular complexity index is 213. The quantitative estimate of drug-likeness (QED) is 0.724. The first kappa shape index (κ1) is 12.4. The smallest absolute Gasteiger partial charge is 0.00207 e. The van der Waals surface area contributed by atoms with Crippen LogP contribution in [0, 0.1) is 29.6 Å². The fourth-order valence-electron chi connectivity index (χ4n) is 3.95. The zero-order valence-corrected chi connectivity index (χ0v) is 11.3. The molecule has 1 N–H and O–H groups in total. The molecule has 5 atom stereocenters. The summed E-state index contributed by atoms with van der Waals surface area (Å²) in [5, 5.41) is 3.49. The number of nitrogens with one attached hydrogen (secondary N) is 1. The Labute approximate surface area is 101 Å². The number of hydrogen-bond donors (Lipinski definition) is 1. The molecule has 1 nitrogen and oxygen atoms in total. The van der Waals surface area contributed by atoms with Gasteiger partial charge in [0.2, 0.25) is 0 Å². The molecule has 2 saturated carbocycles. The van der Waals surface area contributed by atoms with Gasteiger partial charge in [-0.25, -0.2) is 0 Å². The molecule has 2 aliphatic carbocycles. The van der Waals surface area contributed by atoms with E-state index in [1.165, 1.54) is 13.0 Å². The molecule has 0 aliphatic heterocycles. The fraction of sp³-hybridized carbons (Fsp3) is 1.00. The minimum absolute atomic E-state index is 0.846. The van der Waals surface area contributed by atoms with Crippen molar-refractivity contribution in [1.29, 1.82) is 0 Å². The number of fused-ring (bicyclic) bond motifs is 2. The Kier molecular flexibility index (Phi) is 4.29. The monoisotopic (exact) mass is 223 g/mol. The van der Waals surface area contributed by atoms with E-state index in [0.29, 0.717) is 0 Å². The van der Waals surface area contributed by atoms with Crippen molar-refractivity contribution in [2.75, 3.05) is 13.1 Å². The predicted molar refractivity (Wildman–Crippen MR) is 70.4 cm³/mol. The molecule has 94 valence electrons. The summed E-state index contributed by atoms with van der Waals surface area (Å²) >= 11 is 0. The molecular weight excluding hydrogens is 194 g/mol. The van der Waals surface area contributed by atoms with E-state index in [4.69, 9.17) is 0 Å². The highest BCUT2D eigenvalue weighted by Crippen LogP contribution is 2.50. The highest BCUT2D eigenvalue weighted by molar-refractivity contribution is 4.90. The maximum absolute atomic E-state index is 3.49. The van der Waals surface area contributed by atoms with Gasteiger partial charge in [0.05, 0.1) is 0 Å². The highest BCUT2D eigenvalue weighted by Gasteiger charge is 2.39. The molecule has 2 fully saturated rings. The van der Waals surface area contributed by atoms with Crippen molar-refractivity contribution in [2.45, 2.75) is 52.9 Å². The Morgan fingerprint density at radius 2 is 1.94 bits per heavy atom. The van der Waals surface area contributed by atoms with Gasteiger partial charge in [-0.05, 0) is 68.4 Å². The third-order valence-electron chi connectivity index (χ3n) is 5.25. The van der Waals surface area contributed by atoms with Gasteiger partial charge in [0.1, 0.15) is 0 Å². The van der Waals surface area contributed by atoms with Crippen LogP contribution in [0.5, 0.6) is 0 Å². The minimum atomic E-state index is 0.846. The summed E-state index contributed by atoms with van der Waals surface area (Å²) in [4.78, 5) is 0. The lowest BCUT2D eigenvalue weighted by Crippen LogP contribution is -2.27. The van der Waals surface area contributed by atoms with Crippen LogP contribution in [0.3, 0.4) is 0 Å². The Hall–Kier alpha value is -0.0400. The molecule has 0 aromatic carbocycles. The molecule has 0 radical (unpaired) electrons. The largest absolute Gasteiger partial charge is 0.317 e. The van der Waals surface area contributed by atoms with Crippen molar-refractivity contribution in [2.24, 2.45) is 29.6 Å². The summed E-state index contributed by atoms with van der Waals surface area (Å²) in [5.74, 6) is 5.06. The van der Waals surface area contributed by atoms with E-state index >= 15 is 0 Å². The molecule has 1 heteroatoms. The topological polar surface area (TPSA) is 12.0 Å². The van der Waals surface area contributed by atoms with Gasteiger partial charge in [-0.15, -0.1) is 0 Å². The summed E-state index contributed by atoms with van der Waals surface area (Å²) in [6.45, 7) is 9.41. The van der Waals surface area contributed by atoms with Crippen LogP contribution in [0.4, 0.5) is 0 Å². The lowest BCUT2D eigenvalue weighted by Gasteiger charge is -2.28. The lowest BCUT2D eigenvalue weighted by molar-refractivity contribution is 0.234. The standard InChI is InChI=1S/C15H29N/c1-4-16-10-12(3)11(2)7-15-9-13-5-6-14(15)8-13/h11-16H,4-10H2,1-3H3. The molecule has 0 amide bonds. The normalized spacial score (nSPS) is 36.6. The van der Waals surface area contributed by atoms with Crippen molar-refractivity contribution in [3.63, 3.8) is 0 Å². The fourth-order valence-corrected chi connectivity index (χ4v) is 3.95. The second-order valence-corrected chi connectivity index (χ2v) is 6.43. The van der Waals surface area contributed by atoms with Gasteiger partial charge in [0.25, 0.3) is 0 Å². The van der Waals surface area contributed by atoms with Gasteiger partial charge in [0, 0.05) is 0 Å². The zero-order valence-electron chi connectivity index (χ0n) is 11.3. The van der Waals surface area contributed by atoms with Crippen LogP contribution >= 0.6 is 0 Å². The van der Waals surface area contributed by atoms with Gasteiger partial charge in [-0.2, -0.15) is 0 Å². The summed E-state index contributed by atoms with van der Waals surface area (Å²) < 4.78 is 0. The summed E-state index contributed by atoms with van der Waals surface area (Å²) in [5.41, 5.74) is 0. The Morgan fingerprint density at radius 3 is 2.50 bits per heavy atom. The molecule has 0 spiro atoms. The molecule has 0 saturated heterocycles. The van der Waals surface area contributed by atoms with Crippen LogP contribution in [0.2, 0.25) is 0 Å². The number of rotatable bonds is 6. The van der Waals surface area contributed by atoms with Gasteiger partial charge >= 0.3 is 0 Å². The van der Waals surface area contributed by atoms with E-state index in [9.17, 15) is 0 Å². The lowest BCUT2D eigenvalue weighted by atomic mass is 9.79. The van der Waals surface area contributed by atoms with Crippen LogP contribution in [0.25, 0.3) is 0 Å². The molecular formula is C15H29N. The maximum atomic E-state index is 3.49. The summed E-state index contributed by atoms with van der Waals surface area (Å²) in [7, 11) is 0. The third kappa shape index (κ3) is 2.80. The zero-order chi connectivity index (χ0) is 11.5. The van der Waals surface area contributed by atoms with Crippen LogP contribution in [-0.4, -0.2) is 13.1 Å². The SMILES string of the molecule is CCNCC(C)C(C)CC1CC2CCC1C2. The highest BCUT2D eigenvalue weighted by atomic mass is 14.8. The first-order chi connectivity index (χ1) is 7.70. The van der Waals surface area contributed by atoms with Gasteiger partial charge in [-0.1, -0.05) is 27.2 Å². The van der Waals surface area contributed by atoms with E-state index < -0.39 is 0 Å². The molecule has 0 aromatic rings. The summed E-state index contributed by atoms with van der Waals surface area (Å²) in [6, 6.07) is 0. The predicted octanol–water partition coefficient (Wildman–Crippen LogP) is 3.69. The van der Waals surface area contributed by atoms with Gasteiger partial charge in [-0.3, -0.25) is 0 Å². The average molecular weight is 223 g/mol. The van der Waals surface area contributed by atoms with E-state index in [1.54, 1.807) is 25.7 Å². The van der Waals surface area contributed by atoms with Crippen molar-refractivity contribution in [1.82, 2.24) is 5.32 Å². The Balaban J connectivity index is 1.72. The molecule has 2 rings (SSSR count). The minimum Gasteiger partial charge on any atom is -0.317 e. The molecule has 2 aliphatic rings. The number of hydrogen-bond acceptors (Lipinski definition) is 1. The van der Waals surface area contributed by atoms with Crippen LogP contribution in [0.15, 0.2) is 0 Å². The molecule has 2 bridgehead atoms. The first-order valence-electron chi connectivity index (χ1n) is 7.41. The maximum Gasteiger partial charge on any atom is -0.00207 e. The molecule has 5 unspecified atom stereocenters. The van der Waals surface area contributed by atoms with E-state index in [-0.39, 0.29) is 0 Å². The molecule has 0 heterocycles. The second kappa shape index (κ2) is 5.53. The van der Waals surface area contributed by atoms with Gasteiger partial charge in [0.15, 0.2) is 0 Å². The van der Waals surface area contributed by atoms with E-state index in [0.717, 1.165) is 36.1 Å². The first-order valence-corrected chi connectivity index (χ1v) is 7.41. The van der Waals surface area contributed by atoms with Crippen molar-refractivity contribution in [3.8, 4) is 0 Å². The van der Waals surface area contributed by atoms with Crippen LogP contribution in [0.1, 0.15) is 52.9 Å². The van der Waals surface area contributed by atoms with Crippen molar-refractivity contribution < 1.29 is 0 Å². The van der Waals surface area contributed by atoms with Crippen molar-refractivity contribution >= 4 is 0 Å². The van der Waals surface area contributed by atoms with E-state index in [2.05, 4.69) is 26.1 Å². The average Bonchev–Trinajstić information content (AvgIpc) is 2.87. The molecule has 0 aromatic heterocycles. The molecule has 16 heavy (non-hydrogen) atoms. The summed E-state index contributed by atoms with van der Waals surface area (Å²) in [6.07, 6.45) is 7.71. The third-order valence-corrected chi connectivity index (χ3v) is 5.25. The van der Waals surface area contributed by atoms with Gasteiger partial charge < -0.3 is 5.32 Å².